The number of nitrogens with two attached hydrogens (primary N) is 1. The van der Waals surface area contributed by atoms with Gasteiger partial charge >= 0.3 is 0 Å². The fourth-order valence-corrected chi connectivity index (χ4v) is 2.85. The second kappa shape index (κ2) is 7.64. The van der Waals surface area contributed by atoms with Crippen LogP contribution < -0.4 is 10.5 Å². The first-order valence-electron chi connectivity index (χ1n) is 7.95. The van der Waals surface area contributed by atoms with Crippen LogP contribution in [0.3, 0.4) is 0 Å². The van der Waals surface area contributed by atoms with E-state index in [1.165, 1.54) is 12.8 Å². The van der Waals surface area contributed by atoms with Crippen molar-refractivity contribution in [3.05, 3.63) is 58.9 Å². The van der Waals surface area contributed by atoms with Gasteiger partial charge in [0.15, 0.2) is 6.61 Å². The molecule has 0 aliphatic heterocycles. The van der Waals surface area contributed by atoms with Crippen LogP contribution in [0.4, 0.5) is 0 Å². The van der Waals surface area contributed by atoms with Gasteiger partial charge in [-0.05, 0) is 42.7 Å². The first-order valence-corrected chi connectivity index (χ1v) is 8.33. The average Bonchev–Trinajstić information content (AvgIpc) is 3.39. The maximum atomic E-state index is 10.8. The Morgan fingerprint density at radius 1 is 1.29 bits per heavy atom. The molecule has 0 unspecified atom stereocenters. The van der Waals surface area contributed by atoms with Crippen LogP contribution in [0.25, 0.3) is 0 Å². The van der Waals surface area contributed by atoms with Crippen molar-refractivity contribution in [3.63, 3.8) is 0 Å². The maximum absolute atomic E-state index is 10.8. The van der Waals surface area contributed by atoms with Crippen molar-refractivity contribution in [2.75, 3.05) is 6.61 Å². The number of carbonyl (C=O) groups is 1. The maximum Gasteiger partial charge on any atom is 0.255 e. The van der Waals surface area contributed by atoms with Crippen molar-refractivity contribution in [3.8, 4) is 5.75 Å². The fourth-order valence-electron chi connectivity index (χ4n) is 2.60. The van der Waals surface area contributed by atoms with Crippen molar-refractivity contribution in [2.45, 2.75) is 32.0 Å². The van der Waals surface area contributed by atoms with Gasteiger partial charge < -0.3 is 10.5 Å². The highest BCUT2D eigenvalue weighted by molar-refractivity contribution is 6.32. The third-order valence-corrected chi connectivity index (χ3v) is 4.20. The standard InChI is InChI=1S/C18H20ClN3O2/c19-16-9-13(4-7-17(16)24-12-18(20)23)10-22(15-5-6-15)11-14-3-1-2-8-21-14/h1-4,7-9,15H,5-6,10-12H2,(H2,20,23). The number of ether oxygens (including phenoxy) is 1. The Morgan fingerprint density at radius 2 is 2.12 bits per heavy atom. The van der Waals surface area contributed by atoms with Crippen LogP contribution in [0.15, 0.2) is 42.6 Å². The van der Waals surface area contributed by atoms with Crippen molar-refractivity contribution in [1.82, 2.24) is 9.88 Å². The minimum atomic E-state index is -0.523. The van der Waals surface area contributed by atoms with Crippen LogP contribution in [0.5, 0.6) is 5.75 Å². The van der Waals surface area contributed by atoms with Gasteiger partial charge in [0.1, 0.15) is 5.75 Å². The lowest BCUT2D eigenvalue weighted by Crippen LogP contribution is -2.25. The molecule has 0 radical (unpaired) electrons. The fraction of sp³-hybridized carbons (Fsp3) is 0.333. The first kappa shape index (κ1) is 16.7. The van der Waals surface area contributed by atoms with Crippen LogP contribution in [0.2, 0.25) is 5.02 Å². The van der Waals surface area contributed by atoms with Crippen molar-refractivity contribution in [1.29, 1.82) is 0 Å². The predicted octanol–water partition coefficient (Wildman–Crippen LogP) is 2.76. The van der Waals surface area contributed by atoms with Gasteiger partial charge in [0, 0.05) is 25.3 Å². The van der Waals surface area contributed by atoms with E-state index in [-0.39, 0.29) is 6.61 Å². The molecule has 1 amide bonds. The number of hydrogen-bond donors (Lipinski definition) is 1. The third kappa shape index (κ3) is 4.69. The summed E-state index contributed by atoms with van der Waals surface area (Å²) in [7, 11) is 0. The summed E-state index contributed by atoms with van der Waals surface area (Å²) in [4.78, 5) is 17.6. The van der Waals surface area contributed by atoms with Gasteiger partial charge in [0.05, 0.1) is 10.7 Å². The number of aromatic nitrogens is 1. The van der Waals surface area contributed by atoms with E-state index < -0.39 is 5.91 Å². The number of pyridine rings is 1. The van der Waals surface area contributed by atoms with E-state index in [0.717, 1.165) is 24.3 Å². The van der Waals surface area contributed by atoms with E-state index in [4.69, 9.17) is 22.1 Å². The Balaban J connectivity index is 1.66. The van der Waals surface area contributed by atoms with E-state index in [9.17, 15) is 4.79 Å². The second-order valence-corrected chi connectivity index (χ2v) is 6.38. The van der Waals surface area contributed by atoms with Crippen molar-refractivity contribution in [2.24, 2.45) is 5.73 Å². The molecule has 1 aromatic carbocycles. The summed E-state index contributed by atoms with van der Waals surface area (Å²) in [6, 6.07) is 12.2. The molecule has 1 aliphatic carbocycles. The summed E-state index contributed by atoms with van der Waals surface area (Å²) >= 11 is 6.24. The van der Waals surface area contributed by atoms with Crippen LogP contribution in [-0.2, 0) is 17.9 Å². The van der Waals surface area contributed by atoms with Crippen LogP contribution in [0, 0.1) is 0 Å². The second-order valence-electron chi connectivity index (χ2n) is 5.98. The number of nitrogens with zero attached hydrogens (tertiary/aromatic N) is 2. The molecular weight excluding hydrogens is 326 g/mol. The Labute approximate surface area is 146 Å². The van der Waals surface area contributed by atoms with Crippen molar-refractivity contribution < 1.29 is 9.53 Å². The topological polar surface area (TPSA) is 68.5 Å². The number of rotatable bonds is 8. The normalized spacial score (nSPS) is 13.9. The SMILES string of the molecule is NC(=O)COc1ccc(CN(Cc2ccccn2)C2CC2)cc1Cl. The molecule has 1 saturated carbocycles. The zero-order valence-corrected chi connectivity index (χ0v) is 14.1. The molecule has 126 valence electrons. The Bertz CT molecular complexity index is 705. The lowest BCUT2D eigenvalue weighted by Gasteiger charge is -2.22. The zero-order chi connectivity index (χ0) is 16.9. The molecule has 24 heavy (non-hydrogen) atoms. The molecule has 1 fully saturated rings. The number of hydrogen-bond acceptors (Lipinski definition) is 4. The molecule has 5 nitrogen and oxygen atoms in total. The van der Waals surface area contributed by atoms with Crippen LogP contribution in [0.1, 0.15) is 24.1 Å². The molecule has 2 N–H and O–H groups in total. The van der Waals surface area contributed by atoms with Crippen molar-refractivity contribution >= 4 is 17.5 Å². The Kier molecular flexibility index (Phi) is 5.33. The van der Waals surface area contributed by atoms with E-state index in [0.29, 0.717) is 16.8 Å². The number of primary amides is 1. The lowest BCUT2D eigenvalue weighted by atomic mass is 10.2. The molecule has 1 aromatic heterocycles. The lowest BCUT2D eigenvalue weighted by molar-refractivity contribution is -0.119. The first-order chi connectivity index (χ1) is 11.6. The van der Waals surface area contributed by atoms with Gasteiger partial charge in [-0.1, -0.05) is 23.7 Å². The summed E-state index contributed by atoms with van der Waals surface area (Å²) in [5.74, 6) is -0.0488. The number of halogens is 1. The highest BCUT2D eigenvalue weighted by Crippen LogP contribution is 2.31. The molecule has 3 rings (SSSR count). The van der Waals surface area contributed by atoms with E-state index in [1.54, 1.807) is 6.07 Å². The van der Waals surface area contributed by atoms with E-state index in [1.807, 2.05) is 36.5 Å². The van der Waals surface area contributed by atoms with E-state index in [2.05, 4.69) is 9.88 Å². The van der Waals surface area contributed by atoms with Gasteiger partial charge in [0.2, 0.25) is 0 Å². The zero-order valence-electron chi connectivity index (χ0n) is 13.3. The summed E-state index contributed by atoms with van der Waals surface area (Å²) in [5.41, 5.74) is 7.25. The van der Waals surface area contributed by atoms with Gasteiger partial charge in [-0.15, -0.1) is 0 Å². The molecule has 0 spiro atoms. The molecule has 2 aromatic rings. The summed E-state index contributed by atoms with van der Waals surface area (Å²) in [6.45, 7) is 1.45. The number of carbonyl (C=O) groups excluding carboxylic acids is 1. The third-order valence-electron chi connectivity index (χ3n) is 3.91. The van der Waals surface area contributed by atoms with E-state index >= 15 is 0 Å². The van der Waals surface area contributed by atoms with Crippen LogP contribution >= 0.6 is 11.6 Å². The molecule has 6 heteroatoms. The highest BCUT2D eigenvalue weighted by atomic mass is 35.5. The van der Waals surface area contributed by atoms with Gasteiger partial charge in [-0.3, -0.25) is 14.7 Å². The van der Waals surface area contributed by atoms with Gasteiger partial charge in [-0.25, -0.2) is 0 Å². The Hall–Kier alpha value is -2.11. The largest absolute Gasteiger partial charge is 0.482 e. The molecule has 0 atom stereocenters. The minimum Gasteiger partial charge on any atom is -0.482 e. The number of amides is 1. The van der Waals surface area contributed by atoms with Gasteiger partial charge in [0.25, 0.3) is 5.91 Å². The Morgan fingerprint density at radius 3 is 2.75 bits per heavy atom. The molecule has 1 heterocycles. The minimum absolute atomic E-state index is 0.174. The van der Waals surface area contributed by atoms with Crippen LogP contribution in [-0.4, -0.2) is 28.4 Å². The quantitative estimate of drug-likeness (QED) is 0.798. The monoisotopic (exact) mass is 345 g/mol. The summed E-state index contributed by atoms with van der Waals surface area (Å²) in [6.07, 6.45) is 4.27. The predicted molar refractivity (Wildman–Crippen MR) is 92.6 cm³/mol. The van der Waals surface area contributed by atoms with Gasteiger partial charge in [-0.2, -0.15) is 0 Å². The smallest absolute Gasteiger partial charge is 0.255 e. The summed E-state index contributed by atoms with van der Waals surface area (Å²) < 4.78 is 5.28. The average molecular weight is 346 g/mol. The molecule has 0 bridgehead atoms. The highest BCUT2D eigenvalue weighted by Gasteiger charge is 2.29. The summed E-state index contributed by atoms with van der Waals surface area (Å²) in [5, 5.41) is 0.488. The molecule has 0 saturated heterocycles. The number of benzene rings is 1. The molecule has 1 aliphatic rings. The molecular formula is C18H20ClN3O2.